The molecular weight excluding hydrogens is 260 g/mol. The molecule has 1 aromatic rings. The summed E-state index contributed by atoms with van der Waals surface area (Å²) in [7, 11) is 0. The third-order valence-electron chi connectivity index (χ3n) is 4.50. The summed E-state index contributed by atoms with van der Waals surface area (Å²) in [5.74, 6) is 1.26. The lowest BCUT2D eigenvalue weighted by atomic mass is 9.99. The highest BCUT2D eigenvalue weighted by Gasteiger charge is 2.14. The Balaban J connectivity index is 1.57. The molecule has 1 aromatic carbocycles. The van der Waals surface area contributed by atoms with E-state index in [1.54, 1.807) is 12.1 Å². The van der Waals surface area contributed by atoms with Gasteiger partial charge in [0.05, 0.1) is 0 Å². The molecular formula is C18H30N2O. The van der Waals surface area contributed by atoms with E-state index in [9.17, 15) is 5.11 Å². The van der Waals surface area contributed by atoms with Crippen LogP contribution in [0, 0.1) is 5.92 Å². The van der Waals surface area contributed by atoms with Gasteiger partial charge in [-0.15, -0.1) is 0 Å². The molecule has 1 atom stereocenters. The quantitative estimate of drug-likeness (QED) is 0.758. The van der Waals surface area contributed by atoms with Crippen molar-refractivity contribution in [2.75, 3.05) is 26.2 Å². The number of rotatable bonds is 7. The van der Waals surface area contributed by atoms with Gasteiger partial charge in [-0.25, -0.2) is 0 Å². The first-order valence-corrected chi connectivity index (χ1v) is 8.37. The lowest BCUT2D eigenvalue weighted by Gasteiger charge is -2.30. The first kappa shape index (κ1) is 16.3. The summed E-state index contributed by atoms with van der Waals surface area (Å²) in [5, 5.41) is 12.9. The molecule has 118 valence electrons. The van der Waals surface area contributed by atoms with Crippen LogP contribution in [0.15, 0.2) is 24.3 Å². The molecule has 0 radical (unpaired) electrons. The molecule has 1 saturated heterocycles. The molecule has 0 spiro atoms. The molecule has 1 fully saturated rings. The van der Waals surface area contributed by atoms with Gasteiger partial charge in [-0.3, -0.25) is 0 Å². The Hall–Kier alpha value is -1.06. The lowest BCUT2D eigenvalue weighted by Crippen LogP contribution is -2.36. The molecule has 1 aliphatic rings. The minimum Gasteiger partial charge on any atom is -0.508 e. The van der Waals surface area contributed by atoms with Gasteiger partial charge in [0.1, 0.15) is 5.75 Å². The number of hydrogen-bond donors (Lipinski definition) is 2. The fourth-order valence-corrected chi connectivity index (χ4v) is 2.99. The summed E-state index contributed by atoms with van der Waals surface area (Å²) in [6.45, 7) is 9.48. The topological polar surface area (TPSA) is 35.5 Å². The van der Waals surface area contributed by atoms with Crippen LogP contribution in [0.3, 0.4) is 0 Å². The third-order valence-corrected chi connectivity index (χ3v) is 4.50. The minimum absolute atomic E-state index is 0.343. The van der Waals surface area contributed by atoms with Crippen LogP contribution in [0.5, 0.6) is 5.75 Å². The molecule has 21 heavy (non-hydrogen) atoms. The van der Waals surface area contributed by atoms with Crippen LogP contribution in [0.2, 0.25) is 0 Å². The Kier molecular flexibility index (Phi) is 6.52. The number of nitrogens with zero attached hydrogens (tertiary/aromatic N) is 1. The maximum Gasteiger partial charge on any atom is 0.115 e. The van der Waals surface area contributed by atoms with Gasteiger partial charge in [0.2, 0.25) is 0 Å². The minimum atomic E-state index is 0.343. The van der Waals surface area contributed by atoms with Crippen LogP contribution in [-0.2, 0) is 6.42 Å². The Morgan fingerprint density at radius 1 is 1.24 bits per heavy atom. The number of hydrogen-bond acceptors (Lipinski definition) is 3. The molecule has 0 aliphatic carbocycles. The van der Waals surface area contributed by atoms with E-state index >= 15 is 0 Å². The highest BCUT2D eigenvalue weighted by Crippen LogP contribution is 2.15. The van der Waals surface area contributed by atoms with Gasteiger partial charge >= 0.3 is 0 Å². The Morgan fingerprint density at radius 2 is 1.90 bits per heavy atom. The summed E-state index contributed by atoms with van der Waals surface area (Å²) < 4.78 is 0. The standard InChI is InChI=1S/C18H30N2O/c1-15-8-12-20(13-9-15)11-3-10-19-16(2)14-17-4-6-18(21)7-5-17/h4-7,15-16,19,21H,3,8-14H2,1-2H3. The van der Waals surface area contributed by atoms with Crippen molar-refractivity contribution in [3.8, 4) is 5.75 Å². The zero-order valence-electron chi connectivity index (χ0n) is 13.5. The molecule has 0 bridgehead atoms. The van der Waals surface area contributed by atoms with Crippen molar-refractivity contribution in [1.82, 2.24) is 10.2 Å². The second kappa shape index (κ2) is 8.40. The maximum atomic E-state index is 9.28. The van der Waals surface area contributed by atoms with Crippen molar-refractivity contribution < 1.29 is 5.11 Å². The average molecular weight is 290 g/mol. The predicted molar refractivity (Wildman–Crippen MR) is 88.7 cm³/mol. The molecule has 0 amide bonds. The highest BCUT2D eigenvalue weighted by atomic mass is 16.3. The fourth-order valence-electron chi connectivity index (χ4n) is 2.99. The second-order valence-corrected chi connectivity index (χ2v) is 6.60. The summed E-state index contributed by atoms with van der Waals surface area (Å²) >= 11 is 0. The van der Waals surface area contributed by atoms with E-state index in [-0.39, 0.29) is 0 Å². The van der Waals surface area contributed by atoms with Gasteiger partial charge in [0, 0.05) is 6.04 Å². The Labute approximate surface area is 129 Å². The SMILES string of the molecule is CC1CCN(CCCNC(C)Cc2ccc(O)cc2)CC1. The zero-order chi connectivity index (χ0) is 15.1. The Morgan fingerprint density at radius 3 is 2.57 bits per heavy atom. The van der Waals surface area contributed by atoms with E-state index in [0.29, 0.717) is 11.8 Å². The maximum absolute atomic E-state index is 9.28. The highest BCUT2D eigenvalue weighted by molar-refractivity contribution is 5.26. The number of likely N-dealkylation sites (tertiary alicyclic amines) is 1. The number of phenols is 1. The van der Waals surface area contributed by atoms with Gasteiger partial charge in [-0.05, 0) is 82.4 Å². The number of aromatic hydroxyl groups is 1. The molecule has 2 rings (SSSR count). The van der Waals surface area contributed by atoms with E-state index < -0.39 is 0 Å². The van der Waals surface area contributed by atoms with Crippen LogP contribution in [0.25, 0.3) is 0 Å². The van der Waals surface area contributed by atoms with Crippen LogP contribution in [0.4, 0.5) is 0 Å². The number of piperidine rings is 1. The van der Waals surface area contributed by atoms with Gasteiger partial charge < -0.3 is 15.3 Å². The molecule has 3 nitrogen and oxygen atoms in total. The molecule has 0 aromatic heterocycles. The predicted octanol–water partition coefficient (Wildman–Crippen LogP) is 3.03. The lowest BCUT2D eigenvalue weighted by molar-refractivity contribution is 0.190. The summed E-state index contributed by atoms with van der Waals surface area (Å²) in [6.07, 6.45) is 4.98. The molecule has 2 N–H and O–H groups in total. The summed E-state index contributed by atoms with van der Waals surface area (Å²) in [6, 6.07) is 8.01. The summed E-state index contributed by atoms with van der Waals surface area (Å²) in [5.41, 5.74) is 1.28. The van der Waals surface area contributed by atoms with E-state index in [1.165, 1.54) is 44.5 Å². The fraction of sp³-hybridized carbons (Fsp3) is 0.667. The van der Waals surface area contributed by atoms with Crippen molar-refractivity contribution in [2.24, 2.45) is 5.92 Å². The normalized spacial score (nSPS) is 18.8. The molecule has 1 aliphatic heterocycles. The Bertz CT molecular complexity index is 396. The van der Waals surface area contributed by atoms with Gasteiger partial charge in [-0.1, -0.05) is 19.1 Å². The van der Waals surface area contributed by atoms with E-state index in [2.05, 4.69) is 24.1 Å². The van der Waals surface area contributed by atoms with Crippen molar-refractivity contribution in [2.45, 2.75) is 45.6 Å². The van der Waals surface area contributed by atoms with Crippen LogP contribution < -0.4 is 5.32 Å². The third kappa shape index (κ3) is 6.06. The van der Waals surface area contributed by atoms with Gasteiger partial charge in [0.15, 0.2) is 0 Å². The molecule has 3 heteroatoms. The van der Waals surface area contributed by atoms with E-state index in [0.717, 1.165) is 18.9 Å². The first-order chi connectivity index (χ1) is 10.1. The van der Waals surface area contributed by atoms with Crippen molar-refractivity contribution in [3.05, 3.63) is 29.8 Å². The van der Waals surface area contributed by atoms with E-state index in [4.69, 9.17) is 0 Å². The smallest absolute Gasteiger partial charge is 0.115 e. The zero-order valence-corrected chi connectivity index (χ0v) is 13.5. The van der Waals surface area contributed by atoms with Crippen molar-refractivity contribution in [1.29, 1.82) is 0 Å². The second-order valence-electron chi connectivity index (χ2n) is 6.60. The molecule has 0 saturated carbocycles. The number of nitrogens with one attached hydrogen (secondary N) is 1. The molecule has 1 unspecified atom stereocenters. The van der Waals surface area contributed by atoms with E-state index in [1.807, 2.05) is 12.1 Å². The number of benzene rings is 1. The molecule has 1 heterocycles. The van der Waals surface area contributed by atoms with Crippen LogP contribution >= 0.6 is 0 Å². The largest absolute Gasteiger partial charge is 0.508 e. The van der Waals surface area contributed by atoms with Crippen molar-refractivity contribution >= 4 is 0 Å². The first-order valence-electron chi connectivity index (χ1n) is 8.37. The van der Waals surface area contributed by atoms with Crippen LogP contribution in [-0.4, -0.2) is 42.2 Å². The number of phenolic OH excluding ortho intramolecular Hbond substituents is 1. The monoisotopic (exact) mass is 290 g/mol. The van der Waals surface area contributed by atoms with Gasteiger partial charge in [-0.2, -0.15) is 0 Å². The summed E-state index contributed by atoms with van der Waals surface area (Å²) in [4.78, 5) is 2.60. The van der Waals surface area contributed by atoms with Gasteiger partial charge in [0.25, 0.3) is 0 Å². The van der Waals surface area contributed by atoms with Crippen molar-refractivity contribution in [3.63, 3.8) is 0 Å². The average Bonchev–Trinajstić information content (AvgIpc) is 2.48. The van der Waals surface area contributed by atoms with Crippen LogP contribution in [0.1, 0.15) is 38.7 Å².